The molecule has 0 N–H and O–H groups in total. The van der Waals surface area contributed by atoms with E-state index < -0.39 is 0 Å². The number of hydrogen-bond acceptors (Lipinski definition) is 4. The summed E-state index contributed by atoms with van der Waals surface area (Å²) < 4.78 is 5.54. The first-order valence-electron chi connectivity index (χ1n) is 15.4. The fourth-order valence-electron chi connectivity index (χ4n) is 5.48. The average Bonchev–Trinajstić information content (AvgIpc) is 2.93. The Bertz CT molecular complexity index is 857. The van der Waals surface area contributed by atoms with Crippen LogP contribution in [-0.4, -0.2) is 15.9 Å². The molecule has 1 aliphatic carbocycles. The van der Waals surface area contributed by atoms with Gasteiger partial charge in [-0.3, -0.25) is 4.79 Å². The number of carbonyl (C=O) groups is 1. The normalized spacial score (nSPS) is 14.1. The first-order chi connectivity index (χ1) is 18.2. The Balaban J connectivity index is 1.27. The average molecular weight is 507 g/mol. The van der Waals surface area contributed by atoms with Crippen LogP contribution in [0.15, 0.2) is 36.7 Å². The SMILES string of the molecule is CCCCCCCCCCc1cnc(-c2ccc(OC(=O)CCCCCCC3CCCCC3)cc2)nc1. The van der Waals surface area contributed by atoms with Crippen molar-refractivity contribution in [1.29, 1.82) is 0 Å². The summed E-state index contributed by atoms with van der Waals surface area (Å²) in [7, 11) is 0. The van der Waals surface area contributed by atoms with Crippen LogP contribution in [0, 0.1) is 5.92 Å². The van der Waals surface area contributed by atoms with Crippen LogP contribution in [0.4, 0.5) is 0 Å². The summed E-state index contributed by atoms with van der Waals surface area (Å²) in [6.07, 6.45) is 29.2. The van der Waals surface area contributed by atoms with Gasteiger partial charge in [0.05, 0.1) is 0 Å². The van der Waals surface area contributed by atoms with Gasteiger partial charge >= 0.3 is 5.97 Å². The van der Waals surface area contributed by atoms with Gasteiger partial charge in [0.1, 0.15) is 5.75 Å². The molecule has 1 saturated carbocycles. The Labute approximate surface area is 226 Å². The highest BCUT2D eigenvalue weighted by atomic mass is 16.5. The molecule has 0 aliphatic heterocycles. The highest BCUT2D eigenvalue weighted by Gasteiger charge is 2.12. The van der Waals surface area contributed by atoms with Gasteiger partial charge in [-0.2, -0.15) is 0 Å². The largest absolute Gasteiger partial charge is 0.427 e. The summed E-state index contributed by atoms with van der Waals surface area (Å²) in [6, 6.07) is 7.55. The van der Waals surface area contributed by atoms with E-state index in [4.69, 9.17) is 4.74 Å². The minimum absolute atomic E-state index is 0.137. The molecule has 1 fully saturated rings. The molecular formula is C33H50N2O2. The van der Waals surface area contributed by atoms with Crippen molar-refractivity contribution in [3.05, 3.63) is 42.2 Å². The number of aromatic nitrogens is 2. The van der Waals surface area contributed by atoms with E-state index in [1.807, 2.05) is 36.7 Å². The molecule has 0 atom stereocenters. The van der Waals surface area contributed by atoms with Gasteiger partial charge in [0.25, 0.3) is 0 Å². The molecule has 0 spiro atoms. The van der Waals surface area contributed by atoms with Crippen molar-refractivity contribution in [2.24, 2.45) is 5.92 Å². The topological polar surface area (TPSA) is 52.1 Å². The van der Waals surface area contributed by atoms with E-state index in [1.165, 1.54) is 108 Å². The van der Waals surface area contributed by atoms with Crippen LogP contribution in [0.25, 0.3) is 11.4 Å². The molecule has 0 saturated heterocycles. The molecule has 4 nitrogen and oxygen atoms in total. The third-order valence-corrected chi connectivity index (χ3v) is 7.84. The van der Waals surface area contributed by atoms with E-state index in [0.29, 0.717) is 18.0 Å². The number of aryl methyl sites for hydroxylation is 1. The Morgan fingerprint density at radius 3 is 2.11 bits per heavy atom. The highest BCUT2D eigenvalue weighted by molar-refractivity contribution is 5.72. The van der Waals surface area contributed by atoms with E-state index in [1.54, 1.807) is 0 Å². The summed E-state index contributed by atoms with van der Waals surface area (Å²) in [4.78, 5) is 21.4. The fourth-order valence-corrected chi connectivity index (χ4v) is 5.48. The van der Waals surface area contributed by atoms with Gasteiger partial charge in [-0.15, -0.1) is 0 Å². The van der Waals surface area contributed by atoms with Gasteiger partial charge in [0.15, 0.2) is 5.82 Å². The maximum atomic E-state index is 12.2. The molecule has 0 bridgehead atoms. The summed E-state index contributed by atoms with van der Waals surface area (Å²) in [5, 5.41) is 0. The Hall–Kier alpha value is -2.23. The van der Waals surface area contributed by atoms with Crippen molar-refractivity contribution >= 4 is 5.97 Å². The second-order valence-corrected chi connectivity index (χ2v) is 11.1. The van der Waals surface area contributed by atoms with E-state index in [9.17, 15) is 4.79 Å². The van der Waals surface area contributed by atoms with Crippen molar-refractivity contribution in [2.75, 3.05) is 0 Å². The van der Waals surface area contributed by atoms with Crippen LogP contribution in [0.2, 0.25) is 0 Å². The van der Waals surface area contributed by atoms with Gasteiger partial charge in [0.2, 0.25) is 0 Å². The zero-order chi connectivity index (χ0) is 26.0. The van der Waals surface area contributed by atoms with Crippen LogP contribution in [0.1, 0.15) is 134 Å². The summed E-state index contributed by atoms with van der Waals surface area (Å²) in [5.74, 6) is 2.13. The third kappa shape index (κ3) is 12.2. The second-order valence-electron chi connectivity index (χ2n) is 11.1. The van der Waals surface area contributed by atoms with Crippen LogP contribution >= 0.6 is 0 Å². The molecule has 3 rings (SSSR count). The molecule has 1 aliphatic rings. The third-order valence-electron chi connectivity index (χ3n) is 7.84. The zero-order valence-corrected chi connectivity index (χ0v) is 23.4. The van der Waals surface area contributed by atoms with Crippen molar-refractivity contribution in [3.8, 4) is 17.1 Å². The maximum Gasteiger partial charge on any atom is 0.311 e. The van der Waals surface area contributed by atoms with Crippen molar-refractivity contribution in [2.45, 2.75) is 135 Å². The van der Waals surface area contributed by atoms with Gasteiger partial charge in [-0.1, -0.05) is 110 Å². The molecule has 1 aromatic heterocycles. The lowest BCUT2D eigenvalue weighted by atomic mass is 9.85. The van der Waals surface area contributed by atoms with E-state index >= 15 is 0 Å². The lowest BCUT2D eigenvalue weighted by Crippen LogP contribution is -2.07. The molecule has 37 heavy (non-hydrogen) atoms. The maximum absolute atomic E-state index is 12.2. The number of unbranched alkanes of at least 4 members (excludes halogenated alkanes) is 10. The first kappa shape index (κ1) is 29.3. The van der Waals surface area contributed by atoms with Gasteiger partial charge in [0, 0.05) is 24.4 Å². The number of benzene rings is 1. The number of esters is 1. The number of nitrogens with zero attached hydrogens (tertiary/aromatic N) is 2. The molecular weight excluding hydrogens is 456 g/mol. The molecule has 1 heterocycles. The zero-order valence-electron chi connectivity index (χ0n) is 23.4. The lowest BCUT2D eigenvalue weighted by Gasteiger charge is -2.21. The van der Waals surface area contributed by atoms with Crippen molar-refractivity contribution < 1.29 is 9.53 Å². The van der Waals surface area contributed by atoms with Crippen molar-refractivity contribution in [1.82, 2.24) is 9.97 Å². The predicted octanol–water partition coefficient (Wildman–Crippen LogP) is 9.65. The Kier molecular flexibility index (Phi) is 14.3. The molecule has 4 heteroatoms. The van der Waals surface area contributed by atoms with E-state index in [0.717, 1.165) is 30.7 Å². The van der Waals surface area contributed by atoms with Crippen LogP contribution in [0.5, 0.6) is 5.75 Å². The number of rotatable bonds is 18. The molecule has 2 aromatic rings. The van der Waals surface area contributed by atoms with E-state index in [-0.39, 0.29) is 5.97 Å². The smallest absolute Gasteiger partial charge is 0.311 e. The molecule has 0 unspecified atom stereocenters. The van der Waals surface area contributed by atoms with Gasteiger partial charge < -0.3 is 4.74 Å². The summed E-state index contributed by atoms with van der Waals surface area (Å²) in [5.41, 5.74) is 2.14. The van der Waals surface area contributed by atoms with Crippen LogP contribution in [-0.2, 0) is 11.2 Å². The quantitative estimate of drug-likeness (QED) is 0.115. The molecule has 204 valence electrons. The van der Waals surface area contributed by atoms with Gasteiger partial charge in [-0.05, 0) is 55.0 Å². The molecule has 1 aromatic carbocycles. The van der Waals surface area contributed by atoms with E-state index in [2.05, 4.69) is 16.9 Å². The van der Waals surface area contributed by atoms with Crippen molar-refractivity contribution in [3.63, 3.8) is 0 Å². The fraction of sp³-hybridized carbons (Fsp3) is 0.667. The lowest BCUT2D eigenvalue weighted by molar-refractivity contribution is -0.134. The Morgan fingerprint density at radius 2 is 1.41 bits per heavy atom. The minimum Gasteiger partial charge on any atom is -0.427 e. The number of carbonyl (C=O) groups excluding carboxylic acids is 1. The minimum atomic E-state index is -0.137. The van der Waals surface area contributed by atoms with Crippen LogP contribution in [0.3, 0.4) is 0 Å². The standard InChI is InChI=1S/C33H50N2O2/c1-2-3-4-5-6-7-8-13-20-29-26-34-33(35-27-29)30-22-24-31(25-23-30)37-32(36)21-16-10-9-12-17-28-18-14-11-15-19-28/h22-28H,2-21H2,1H3. The summed E-state index contributed by atoms with van der Waals surface area (Å²) in [6.45, 7) is 2.26. The van der Waals surface area contributed by atoms with Crippen LogP contribution < -0.4 is 4.74 Å². The number of ether oxygens (including phenoxy) is 1. The highest BCUT2D eigenvalue weighted by Crippen LogP contribution is 2.28. The number of hydrogen-bond donors (Lipinski definition) is 0. The van der Waals surface area contributed by atoms with Gasteiger partial charge in [-0.25, -0.2) is 9.97 Å². The summed E-state index contributed by atoms with van der Waals surface area (Å²) >= 11 is 0. The first-order valence-corrected chi connectivity index (χ1v) is 15.4. The Morgan fingerprint density at radius 1 is 0.784 bits per heavy atom. The molecule has 0 amide bonds. The monoisotopic (exact) mass is 506 g/mol. The second kappa shape index (κ2) is 18.1. The molecule has 0 radical (unpaired) electrons. The predicted molar refractivity (Wildman–Crippen MR) is 154 cm³/mol.